The molecule has 0 aliphatic rings. The van der Waals surface area contributed by atoms with E-state index in [0.717, 1.165) is 24.6 Å². The fourth-order valence-corrected chi connectivity index (χ4v) is 5.86. The Bertz CT molecular complexity index is 2370. The molecule has 0 saturated carbocycles. The summed E-state index contributed by atoms with van der Waals surface area (Å²) >= 11 is 0. The summed E-state index contributed by atoms with van der Waals surface area (Å²) in [5.41, 5.74) is -7.75. The third-order valence-corrected chi connectivity index (χ3v) is 8.79. The van der Waals surface area contributed by atoms with Gasteiger partial charge in [-0.05, 0) is 83.9 Å². The number of rotatable bonds is 10. The van der Waals surface area contributed by atoms with E-state index in [0.29, 0.717) is 24.3 Å². The average molecular weight is 912 g/mol. The molecule has 0 fully saturated rings. The minimum Gasteiger partial charge on any atom is -0.507 e. The second-order valence-corrected chi connectivity index (χ2v) is 12.4. The van der Waals surface area contributed by atoms with Gasteiger partial charge in [0.2, 0.25) is 5.41 Å². The van der Waals surface area contributed by atoms with Crippen LogP contribution in [-0.2, 0) is 44.4 Å². The fourth-order valence-electron chi connectivity index (χ4n) is 5.86. The summed E-state index contributed by atoms with van der Waals surface area (Å²) in [6, 6.07) is 28.0. The molecule has 0 amide bonds. The Kier molecular flexibility index (Phi) is 14.9. The van der Waals surface area contributed by atoms with Gasteiger partial charge < -0.3 is 20.4 Å². The molecule has 16 heteroatoms. The van der Waals surface area contributed by atoms with Crippen molar-refractivity contribution < 1.29 is 85.7 Å². The molecular formula is C43H30F6N4O4Zn2. The van der Waals surface area contributed by atoms with Crippen LogP contribution in [0.15, 0.2) is 153 Å². The first-order valence-electron chi connectivity index (χ1n) is 16.9. The predicted molar refractivity (Wildman–Crippen MR) is 207 cm³/mol. The van der Waals surface area contributed by atoms with Crippen LogP contribution < -0.4 is 0 Å². The molecule has 0 aromatic heterocycles. The zero-order chi connectivity index (χ0) is 40.8. The quantitative estimate of drug-likeness (QED) is 0.0619. The molecule has 0 aliphatic carbocycles. The smallest absolute Gasteiger partial charge is 0.411 e. The first kappa shape index (κ1) is 45.7. The fraction of sp³-hybridized carbons (Fsp3) is 0.0698. The van der Waals surface area contributed by atoms with Crippen LogP contribution in [0, 0.1) is 0 Å². The molecule has 292 valence electrons. The van der Waals surface area contributed by atoms with Gasteiger partial charge in [0.05, 0.1) is 22.7 Å². The molecule has 0 saturated heterocycles. The number of benzene rings is 6. The summed E-state index contributed by atoms with van der Waals surface area (Å²) in [5.74, 6) is -0.864. The van der Waals surface area contributed by atoms with Crippen LogP contribution in [0.2, 0.25) is 0 Å². The normalized spacial score (nSPS) is 12.3. The maximum Gasteiger partial charge on any atom is 0.411 e. The number of para-hydroxylation sites is 4. The number of phenols is 4. The number of alkyl halides is 6. The standard InChI is InChI=1S/C43H30F6N4O4.2Zn/c44-42(45,46)41(43(47,48)49,31-17-19-33(50-23-27-9-1-5-13-37(27)54)35(21-31)52-25-29-11-3-7-15-39(29)56)32-18-20-34(51-24-28-10-2-6-14-38(28)55)36(22-32)53-26-30-12-4-8-16-40(30)57;;/h1-26,54-57H;;. The molecule has 0 radical (unpaired) electrons. The van der Waals surface area contributed by atoms with Gasteiger partial charge in [-0.3, -0.25) is 20.0 Å². The Labute approximate surface area is 359 Å². The van der Waals surface area contributed by atoms with Crippen LogP contribution in [0.4, 0.5) is 49.1 Å². The first-order chi connectivity index (χ1) is 27.2. The summed E-state index contributed by atoms with van der Waals surface area (Å²) in [4.78, 5) is 16.8. The molecule has 0 unspecified atom stereocenters. The molecule has 0 heterocycles. The Hall–Kier alpha value is -5.97. The topological polar surface area (TPSA) is 130 Å². The third-order valence-electron chi connectivity index (χ3n) is 8.79. The molecule has 6 aromatic rings. The summed E-state index contributed by atoms with van der Waals surface area (Å²) in [7, 11) is 0. The van der Waals surface area contributed by atoms with Gasteiger partial charge in [0, 0.05) is 86.1 Å². The number of halogens is 6. The van der Waals surface area contributed by atoms with E-state index in [1.807, 2.05) is 0 Å². The van der Waals surface area contributed by atoms with Gasteiger partial charge in [-0.1, -0.05) is 60.7 Å². The van der Waals surface area contributed by atoms with Crippen molar-refractivity contribution >= 4 is 47.6 Å². The van der Waals surface area contributed by atoms with Gasteiger partial charge >= 0.3 is 12.4 Å². The predicted octanol–water partition coefficient (Wildman–Crippen LogP) is 10.9. The van der Waals surface area contributed by atoms with Crippen molar-refractivity contribution in [3.8, 4) is 23.0 Å². The van der Waals surface area contributed by atoms with E-state index < -0.39 is 40.3 Å². The molecule has 0 bridgehead atoms. The summed E-state index contributed by atoms with van der Waals surface area (Å²) in [6.07, 6.45) is -7.56. The maximum absolute atomic E-state index is 15.6. The van der Waals surface area contributed by atoms with Crippen LogP contribution in [0.1, 0.15) is 33.4 Å². The molecule has 6 rings (SSSR count). The largest absolute Gasteiger partial charge is 0.507 e. The molecule has 4 N–H and O–H groups in total. The summed E-state index contributed by atoms with van der Waals surface area (Å²) in [5, 5.41) is 41.0. The second-order valence-electron chi connectivity index (χ2n) is 12.4. The van der Waals surface area contributed by atoms with E-state index in [9.17, 15) is 20.4 Å². The minimum atomic E-state index is -6.02. The van der Waals surface area contributed by atoms with Gasteiger partial charge in [0.1, 0.15) is 23.0 Å². The molecule has 59 heavy (non-hydrogen) atoms. The third kappa shape index (κ3) is 10.0. The molecule has 0 spiro atoms. The van der Waals surface area contributed by atoms with Gasteiger partial charge in [0.15, 0.2) is 0 Å². The van der Waals surface area contributed by atoms with Gasteiger partial charge in [-0.2, -0.15) is 26.3 Å². The molecule has 8 nitrogen and oxygen atoms in total. The van der Waals surface area contributed by atoms with Crippen LogP contribution >= 0.6 is 0 Å². The minimum absolute atomic E-state index is 0. The molecule has 0 aliphatic heterocycles. The van der Waals surface area contributed by atoms with Gasteiger partial charge in [0.25, 0.3) is 0 Å². The van der Waals surface area contributed by atoms with Crippen molar-refractivity contribution in [2.75, 3.05) is 0 Å². The number of aromatic hydroxyl groups is 4. The number of phenolic OH excluding ortho intramolecular Hbond substituents is 4. The van der Waals surface area contributed by atoms with E-state index in [2.05, 4.69) is 20.0 Å². The first-order valence-corrected chi connectivity index (χ1v) is 16.9. The Morgan fingerprint density at radius 3 is 0.864 bits per heavy atom. The van der Waals surface area contributed by atoms with Crippen LogP contribution in [0.5, 0.6) is 23.0 Å². The second kappa shape index (κ2) is 19.2. The van der Waals surface area contributed by atoms with Crippen LogP contribution in [0.25, 0.3) is 0 Å². The van der Waals surface area contributed by atoms with Crippen molar-refractivity contribution in [3.63, 3.8) is 0 Å². The van der Waals surface area contributed by atoms with Crippen molar-refractivity contribution in [1.82, 2.24) is 0 Å². The van der Waals surface area contributed by atoms with Crippen molar-refractivity contribution in [3.05, 3.63) is 167 Å². The monoisotopic (exact) mass is 908 g/mol. The van der Waals surface area contributed by atoms with Gasteiger partial charge in [-0.15, -0.1) is 0 Å². The molecular weight excluding hydrogens is 881 g/mol. The number of hydrogen-bond acceptors (Lipinski definition) is 8. The van der Waals surface area contributed by atoms with Crippen molar-refractivity contribution in [2.45, 2.75) is 17.8 Å². The SMILES string of the molecule is Oc1ccccc1C=Nc1ccc(C(c2ccc(N=Cc3ccccc3O)c(N=Cc3ccccc3O)c2)(C(F)(F)F)C(F)(F)F)cc1N=Cc1ccccc1O.[Zn].[Zn]. The van der Waals surface area contributed by atoms with Crippen LogP contribution in [-0.4, -0.2) is 57.6 Å². The van der Waals surface area contributed by atoms with E-state index in [1.54, 1.807) is 36.4 Å². The Morgan fingerprint density at radius 2 is 0.610 bits per heavy atom. The average Bonchev–Trinajstić information content (AvgIpc) is 3.16. The Morgan fingerprint density at radius 1 is 0.356 bits per heavy atom. The number of aliphatic imine (C=N–C) groups is 4. The zero-order valence-corrected chi connectivity index (χ0v) is 36.7. The van der Waals surface area contributed by atoms with Crippen molar-refractivity contribution in [2.24, 2.45) is 20.0 Å². The van der Waals surface area contributed by atoms with E-state index in [-0.39, 0.29) is 95.6 Å². The zero-order valence-electron chi connectivity index (χ0n) is 30.8. The molecule has 6 aromatic carbocycles. The van der Waals surface area contributed by atoms with Crippen molar-refractivity contribution in [1.29, 1.82) is 0 Å². The molecule has 0 atom stereocenters. The van der Waals surface area contributed by atoms with E-state index in [1.165, 1.54) is 73.1 Å². The summed E-state index contributed by atoms with van der Waals surface area (Å²) in [6.45, 7) is 0. The summed E-state index contributed by atoms with van der Waals surface area (Å²) < 4.78 is 93.4. The number of hydrogen-bond donors (Lipinski definition) is 4. The number of nitrogens with zero attached hydrogens (tertiary/aromatic N) is 4. The van der Waals surface area contributed by atoms with Crippen LogP contribution in [0.3, 0.4) is 0 Å². The Balaban J connectivity index is 0.00000384. The van der Waals surface area contributed by atoms with E-state index >= 15 is 26.3 Å². The van der Waals surface area contributed by atoms with Gasteiger partial charge in [-0.25, -0.2) is 0 Å². The maximum atomic E-state index is 15.6. The van der Waals surface area contributed by atoms with E-state index in [4.69, 9.17) is 0 Å².